The van der Waals surface area contributed by atoms with Crippen LogP contribution in [0.1, 0.15) is 36.4 Å². The van der Waals surface area contributed by atoms with Gasteiger partial charge in [-0.05, 0) is 31.0 Å². The van der Waals surface area contributed by atoms with Gasteiger partial charge >= 0.3 is 0 Å². The predicted molar refractivity (Wildman–Crippen MR) is 68.0 cm³/mol. The second-order valence-electron chi connectivity index (χ2n) is 5.18. The molecule has 0 bridgehead atoms. The number of alkyl halides is 2. The van der Waals surface area contributed by atoms with Crippen molar-refractivity contribution in [3.05, 3.63) is 41.6 Å². The smallest absolute Gasteiger partial charge is 0.248 e. The van der Waals surface area contributed by atoms with Crippen LogP contribution in [0.15, 0.2) is 30.3 Å². The van der Waals surface area contributed by atoms with E-state index < -0.39 is 5.92 Å². The van der Waals surface area contributed by atoms with Crippen LogP contribution in [-0.4, -0.2) is 10.9 Å². The van der Waals surface area contributed by atoms with Crippen molar-refractivity contribution in [2.45, 2.75) is 38.0 Å². The van der Waals surface area contributed by atoms with E-state index in [4.69, 9.17) is 0 Å². The van der Waals surface area contributed by atoms with Crippen LogP contribution in [0.4, 0.5) is 8.78 Å². The van der Waals surface area contributed by atoms with Crippen molar-refractivity contribution in [2.24, 2.45) is 0 Å². The Bertz CT molecular complexity index is 592. The number of fused-ring (bicyclic) bond motifs is 1. The molecule has 1 heterocycles. The van der Waals surface area contributed by atoms with Crippen molar-refractivity contribution in [1.29, 1.82) is 0 Å². The van der Waals surface area contributed by atoms with E-state index in [-0.39, 0.29) is 18.8 Å². The molecule has 1 saturated carbocycles. The monoisotopic (exact) mass is 247 g/mol. The third kappa shape index (κ3) is 1.98. The maximum absolute atomic E-state index is 13.3. The van der Waals surface area contributed by atoms with Crippen molar-refractivity contribution in [2.75, 3.05) is 0 Å². The maximum atomic E-state index is 13.3. The van der Waals surface area contributed by atoms with Gasteiger partial charge in [-0.15, -0.1) is 0 Å². The minimum absolute atomic E-state index is 0.00871. The fourth-order valence-corrected chi connectivity index (χ4v) is 2.79. The van der Waals surface area contributed by atoms with Gasteiger partial charge in [0.25, 0.3) is 0 Å². The Morgan fingerprint density at radius 3 is 2.78 bits per heavy atom. The predicted octanol–water partition coefficient (Wildman–Crippen LogP) is 4.45. The van der Waals surface area contributed by atoms with Gasteiger partial charge in [-0.25, -0.2) is 8.78 Å². The summed E-state index contributed by atoms with van der Waals surface area (Å²) in [5, 5.41) is 1.10. The van der Waals surface area contributed by atoms with Gasteiger partial charge in [0.2, 0.25) is 5.92 Å². The Balaban J connectivity index is 2.03. The number of aromatic nitrogens is 1. The summed E-state index contributed by atoms with van der Waals surface area (Å²) in [6.07, 6.45) is 0.473. The van der Waals surface area contributed by atoms with Gasteiger partial charge in [0.1, 0.15) is 0 Å². The van der Waals surface area contributed by atoms with E-state index in [0.717, 1.165) is 22.2 Å². The van der Waals surface area contributed by atoms with Crippen molar-refractivity contribution in [3.63, 3.8) is 0 Å². The van der Waals surface area contributed by atoms with E-state index in [9.17, 15) is 8.78 Å². The number of para-hydroxylation sites is 1. The topological polar surface area (TPSA) is 12.9 Å². The zero-order chi connectivity index (χ0) is 12.8. The van der Waals surface area contributed by atoms with Crippen LogP contribution in [0.2, 0.25) is 0 Å². The number of nitrogens with zero attached hydrogens (tertiary/aromatic N) is 1. The largest absolute Gasteiger partial charge is 0.253 e. The molecule has 0 spiro atoms. The molecule has 1 nitrogen and oxygen atoms in total. The van der Waals surface area contributed by atoms with Crippen molar-refractivity contribution in [1.82, 2.24) is 4.98 Å². The van der Waals surface area contributed by atoms with Gasteiger partial charge in [0.05, 0.1) is 5.52 Å². The summed E-state index contributed by atoms with van der Waals surface area (Å²) in [4.78, 5) is 4.55. The highest BCUT2D eigenvalue weighted by Gasteiger charge is 2.40. The van der Waals surface area contributed by atoms with E-state index in [1.165, 1.54) is 0 Å². The van der Waals surface area contributed by atoms with Gasteiger partial charge in [0.15, 0.2) is 0 Å². The molecule has 0 saturated heterocycles. The highest BCUT2D eigenvalue weighted by atomic mass is 19.3. The zero-order valence-electron chi connectivity index (χ0n) is 10.3. The molecule has 94 valence electrons. The van der Waals surface area contributed by atoms with Crippen LogP contribution in [-0.2, 0) is 0 Å². The molecular weight excluding hydrogens is 232 g/mol. The number of hydrogen-bond acceptors (Lipinski definition) is 1. The number of rotatable bonds is 1. The highest BCUT2D eigenvalue weighted by Crippen LogP contribution is 2.44. The van der Waals surface area contributed by atoms with Gasteiger partial charge in [-0.3, -0.25) is 4.98 Å². The molecule has 0 N–H and O–H groups in total. The van der Waals surface area contributed by atoms with Crippen LogP contribution in [0.3, 0.4) is 0 Å². The van der Waals surface area contributed by atoms with Crippen LogP contribution >= 0.6 is 0 Å². The number of aryl methyl sites for hydroxylation is 1. The van der Waals surface area contributed by atoms with Gasteiger partial charge in [0, 0.05) is 29.8 Å². The summed E-state index contributed by atoms with van der Waals surface area (Å²) in [6, 6.07) is 9.83. The lowest BCUT2D eigenvalue weighted by Crippen LogP contribution is -2.09. The molecule has 0 amide bonds. The summed E-state index contributed by atoms with van der Waals surface area (Å²) >= 11 is 0. The molecule has 1 aliphatic rings. The molecule has 1 aliphatic carbocycles. The van der Waals surface area contributed by atoms with E-state index in [1.54, 1.807) is 0 Å². The van der Waals surface area contributed by atoms with Crippen molar-refractivity contribution < 1.29 is 8.78 Å². The third-order valence-electron chi connectivity index (χ3n) is 3.76. The molecule has 3 heteroatoms. The van der Waals surface area contributed by atoms with Crippen LogP contribution in [0.5, 0.6) is 0 Å². The standard InChI is InChI=1S/C15H15F2N/c1-10-8-14(11-6-7-15(16,17)9-11)18-13-5-3-2-4-12(10)13/h2-5,8,11H,6-7,9H2,1H3. The van der Waals surface area contributed by atoms with Crippen LogP contribution in [0.25, 0.3) is 10.9 Å². The number of pyridine rings is 1. The molecule has 0 radical (unpaired) electrons. The summed E-state index contributed by atoms with van der Waals surface area (Å²) in [5.41, 5.74) is 2.84. The summed E-state index contributed by atoms with van der Waals surface area (Å²) in [5.74, 6) is -2.60. The van der Waals surface area contributed by atoms with Gasteiger partial charge < -0.3 is 0 Å². The molecular formula is C15H15F2N. The van der Waals surface area contributed by atoms with E-state index in [2.05, 4.69) is 4.98 Å². The number of hydrogen-bond donors (Lipinski definition) is 0. The Morgan fingerprint density at radius 1 is 1.28 bits per heavy atom. The zero-order valence-corrected chi connectivity index (χ0v) is 10.3. The first-order chi connectivity index (χ1) is 8.55. The minimum atomic E-state index is -2.51. The van der Waals surface area contributed by atoms with E-state index in [0.29, 0.717) is 6.42 Å². The quantitative estimate of drug-likeness (QED) is 0.725. The summed E-state index contributed by atoms with van der Waals surface area (Å²) in [7, 11) is 0. The average molecular weight is 247 g/mol. The second kappa shape index (κ2) is 4.01. The maximum Gasteiger partial charge on any atom is 0.248 e. The van der Waals surface area contributed by atoms with Crippen molar-refractivity contribution in [3.8, 4) is 0 Å². The fraction of sp³-hybridized carbons (Fsp3) is 0.400. The molecule has 1 aromatic heterocycles. The van der Waals surface area contributed by atoms with Crippen LogP contribution < -0.4 is 0 Å². The third-order valence-corrected chi connectivity index (χ3v) is 3.76. The lowest BCUT2D eigenvalue weighted by atomic mass is 9.99. The summed E-state index contributed by atoms with van der Waals surface area (Å²) < 4.78 is 26.5. The lowest BCUT2D eigenvalue weighted by Gasteiger charge is -2.12. The molecule has 3 rings (SSSR count). The Morgan fingerprint density at radius 2 is 2.06 bits per heavy atom. The van der Waals surface area contributed by atoms with Gasteiger partial charge in [-0.1, -0.05) is 18.2 Å². The molecule has 18 heavy (non-hydrogen) atoms. The highest BCUT2D eigenvalue weighted by molar-refractivity contribution is 5.82. The average Bonchev–Trinajstić information content (AvgIpc) is 2.70. The normalized spacial score (nSPS) is 22.5. The molecule has 1 fully saturated rings. The Kier molecular flexibility index (Phi) is 2.58. The fourth-order valence-electron chi connectivity index (χ4n) is 2.79. The first kappa shape index (κ1) is 11.6. The minimum Gasteiger partial charge on any atom is -0.253 e. The number of halogens is 2. The Hall–Kier alpha value is -1.51. The molecule has 0 aliphatic heterocycles. The molecule has 1 aromatic carbocycles. The first-order valence-corrected chi connectivity index (χ1v) is 6.29. The summed E-state index contributed by atoms with van der Waals surface area (Å²) in [6.45, 7) is 2.01. The van der Waals surface area contributed by atoms with E-state index in [1.807, 2.05) is 37.3 Å². The SMILES string of the molecule is Cc1cc(C2CCC(F)(F)C2)nc2ccccc12. The Labute approximate surface area is 105 Å². The molecule has 2 aromatic rings. The van der Waals surface area contributed by atoms with Gasteiger partial charge in [-0.2, -0.15) is 0 Å². The second-order valence-corrected chi connectivity index (χ2v) is 5.18. The van der Waals surface area contributed by atoms with Crippen LogP contribution in [0, 0.1) is 6.92 Å². The lowest BCUT2D eigenvalue weighted by molar-refractivity contribution is 0.00766. The van der Waals surface area contributed by atoms with Crippen molar-refractivity contribution >= 4 is 10.9 Å². The molecule has 1 unspecified atom stereocenters. The number of benzene rings is 1. The van der Waals surface area contributed by atoms with E-state index >= 15 is 0 Å². The first-order valence-electron chi connectivity index (χ1n) is 6.29. The molecule has 1 atom stereocenters.